The zero-order valence-electron chi connectivity index (χ0n) is 17.1. The van der Waals surface area contributed by atoms with E-state index in [9.17, 15) is 5.11 Å². The lowest BCUT2D eigenvalue weighted by Gasteiger charge is -2.32. The van der Waals surface area contributed by atoms with Crippen LogP contribution in [0.3, 0.4) is 0 Å². The van der Waals surface area contributed by atoms with E-state index in [1.54, 1.807) is 7.05 Å². The van der Waals surface area contributed by atoms with Gasteiger partial charge in [-0.05, 0) is 31.5 Å². The molecular weight excluding hydrogens is 340 g/mol. The van der Waals surface area contributed by atoms with Gasteiger partial charge in [0.1, 0.15) is 0 Å². The standard InChI is InChI=1S/C21H36N4O2/c1-4-25(5-2)19(18-9-7-6-8-10-18)15-23-20(22-3)24-16-21(11-13-26)12-14-27-17-21/h6-10,19,26H,4-5,11-17H2,1-3H3,(H2,22,23,24). The number of benzene rings is 1. The predicted octanol–water partition coefficient (Wildman–Crippen LogP) is 2.02. The third kappa shape index (κ3) is 6.19. The Labute approximate surface area is 164 Å². The predicted molar refractivity (Wildman–Crippen MR) is 111 cm³/mol. The van der Waals surface area contributed by atoms with Gasteiger partial charge in [-0.15, -0.1) is 0 Å². The molecule has 3 N–H and O–H groups in total. The average Bonchev–Trinajstić information content (AvgIpc) is 3.17. The molecule has 1 heterocycles. The minimum absolute atomic E-state index is 0.00404. The first-order valence-corrected chi connectivity index (χ1v) is 10.1. The molecule has 2 rings (SSSR count). The Balaban J connectivity index is 1.97. The van der Waals surface area contributed by atoms with Crippen molar-refractivity contribution in [3.8, 4) is 0 Å². The highest BCUT2D eigenvalue weighted by Crippen LogP contribution is 2.31. The van der Waals surface area contributed by atoms with Gasteiger partial charge in [-0.1, -0.05) is 44.2 Å². The maximum atomic E-state index is 9.40. The summed E-state index contributed by atoms with van der Waals surface area (Å²) in [4.78, 5) is 6.84. The number of nitrogens with one attached hydrogen (secondary N) is 2. The highest BCUT2D eigenvalue weighted by molar-refractivity contribution is 5.79. The van der Waals surface area contributed by atoms with Crippen LogP contribution in [0.5, 0.6) is 0 Å². The lowest BCUT2D eigenvalue weighted by atomic mass is 9.84. The van der Waals surface area contributed by atoms with Crippen LogP contribution >= 0.6 is 0 Å². The number of hydrogen-bond donors (Lipinski definition) is 3. The minimum Gasteiger partial charge on any atom is -0.396 e. The van der Waals surface area contributed by atoms with Crippen molar-refractivity contribution < 1.29 is 9.84 Å². The fraction of sp³-hybridized carbons (Fsp3) is 0.667. The topological polar surface area (TPSA) is 69.1 Å². The molecule has 0 saturated carbocycles. The summed E-state index contributed by atoms with van der Waals surface area (Å²) in [6.45, 7) is 9.60. The summed E-state index contributed by atoms with van der Waals surface area (Å²) in [7, 11) is 1.80. The van der Waals surface area contributed by atoms with E-state index in [0.29, 0.717) is 12.6 Å². The van der Waals surface area contributed by atoms with E-state index in [0.717, 1.165) is 51.6 Å². The van der Waals surface area contributed by atoms with Gasteiger partial charge in [-0.25, -0.2) is 0 Å². The van der Waals surface area contributed by atoms with E-state index in [4.69, 9.17) is 4.74 Å². The molecule has 2 atom stereocenters. The Kier molecular flexibility index (Phi) is 9.04. The number of hydrogen-bond acceptors (Lipinski definition) is 4. The molecule has 0 aromatic heterocycles. The van der Waals surface area contributed by atoms with Crippen LogP contribution in [-0.2, 0) is 4.74 Å². The van der Waals surface area contributed by atoms with Crippen molar-refractivity contribution in [2.45, 2.75) is 32.7 Å². The Morgan fingerprint density at radius 1 is 1.26 bits per heavy atom. The largest absolute Gasteiger partial charge is 0.396 e. The highest BCUT2D eigenvalue weighted by atomic mass is 16.5. The third-order valence-electron chi connectivity index (χ3n) is 5.58. The monoisotopic (exact) mass is 376 g/mol. The van der Waals surface area contributed by atoms with Gasteiger partial charge < -0.3 is 20.5 Å². The molecule has 0 spiro atoms. The maximum Gasteiger partial charge on any atom is 0.191 e. The van der Waals surface area contributed by atoms with E-state index in [1.165, 1.54) is 5.56 Å². The summed E-state index contributed by atoms with van der Waals surface area (Å²) in [6.07, 6.45) is 1.73. The summed E-state index contributed by atoms with van der Waals surface area (Å²) < 4.78 is 5.58. The molecular formula is C21H36N4O2. The molecule has 1 aromatic carbocycles. The first kappa shape index (κ1) is 21.7. The Morgan fingerprint density at radius 3 is 2.56 bits per heavy atom. The summed E-state index contributed by atoms with van der Waals surface area (Å²) in [5.41, 5.74) is 1.31. The fourth-order valence-electron chi connectivity index (χ4n) is 3.79. The fourth-order valence-corrected chi connectivity index (χ4v) is 3.79. The number of guanidine groups is 1. The van der Waals surface area contributed by atoms with Crippen molar-refractivity contribution in [1.82, 2.24) is 15.5 Å². The first-order valence-electron chi connectivity index (χ1n) is 10.1. The first-order chi connectivity index (χ1) is 13.2. The number of aliphatic hydroxyl groups is 1. The van der Waals surface area contributed by atoms with Gasteiger partial charge in [0.2, 0.25) is 0 Å². The van der Waals surface area contributed by atoms with Crippen LogP contribution < -0.4 is 10.6 Å². The normalized spacial score (nSPS) is 21.4. The number of nitrogens with zero attached hydrogens (tertiary/aromatic N) is 2. The summed E-state index contributed by atoms with van der Waals surface area (Å²) in [6, 6.07) is 10.9. The van der Waals surface area contributed by atoms with Crippen molar-refractivity contribution in [2.24, 2.45) is 10.4 Å². The molecule has 1 saturated heterocycles. The zero-order valence-corrected chi connectivity index (χ0v) is 17.1. The summed E-state index contributed by atoms with van der Waals surface area (Å²) in [5.74, 6) is 0.798. The summed E-state index contributed by atoms with van der Waals surface area (Å²) >= 11 is 0. The van der Waals surface area contributed by atoms with Crippen molar-refractivity contribution in [3.05, 3.63) is 35.9 Å². The van der Waals surface area contributed by atoms with Crippen LogP contribution in [0, 0.1) is 5.41 Å². The molecule has 6 nitrogen and oxygen atoms in total. The van der Waals surface area contributed by atoms with Gasteiger partial charge in [-0.3, -0.25) is 9.89 Å². The second-order valence-corrected chi connectivity index (χ2v) is 7.23. The molecule has 1 fully saturated rings. The van der Waals surface area contributed by atoms with Crippen LogP contribution in [-0.4, -0.2) is 69.0 Å². The zero-order chi connectivity index (χ0) is 19.5. The molecule has 1 aliphatic heterocycles. The number of aliphatic hydroxyl groups excluding tert-OH is 1. The van der Waals surface area contributed by atoms with Gasteiger partial charge in [-0.2, -0.15) is 0 Å². The van der Waals surface area contributed by atoms with Crippen LogP contribution in [0.15, 0.2) is 35.3 Å². The van der Waals surface area contributed by atoms with Crippen molar-refractivity contribution >= 4 is 5.96 Å². The van der Waals surface area contributed by atoms with Gasteiger partial charge in [0.15, 0.2) is 5.96 Å². The van der Waals surface area contributed by atoms with E-state index >= 15 is 0 Å². The number of ether oxygens (including phenoxy) is 1. The second kappa shape index (κ2) is 11.3. The van der Waals surface area contributed by atoms with Crippen LogP contribution in [0.4, 0.5) is 0 Å². The molecule has 1 aromatic rings. The van der Waals surface area contributed by atoms with Crippen LogP contribution in [0.25, 0.3) is 0 Å². The summed E-state index contributed by atoms with van der Waals surface area (Å²) in [5, 5.41) is 16.3. The van der Waals surface area contributed by atoms with E-state index in [-0.39, 0.29) is 12.0 Å². The van der Waals surface area contributed by atoms with Crippen molar-refractivity contribution in [1.29, 1.82) is 0 Å². The Hall–Kier alpha value is -1.63. The minimum atomic E-state index is 0.00404. The van der Waals surface area contributed by atoms with E-state index in [1.807, 2.05) is 0 Å². The molecule has 1 aliphatic rings. The Morgan fingerprint density at radius 2 is 2.00 bits per heavy atom. The van der Waals surface area contributed by atoms with Gasteiger partial charge in [0.25, 0.3) is 0 Å². The van der Waals surface area contributed by atoms with Gasteiger partial charge >= 0.3 is 0 Å². The smallest absolute Gasteiger partial charge is 0.191 e. The Bertz CT molecular complexity index is 555. The van der Waals surface area contributed by atoms with E-state index in [2.05, 4.69) is 64.7 Å². The van der Waals surface area contributed by atoms with Crippen molar-refractivity contribution in [3.63, 3.8) is 0 Å². The molecule has 0 aliphatic carbocycles. The average molecular weight is 377 g/mol. The SMILES string of the molecule is CCN(CC)C(CNC(=NC)NCC1(CCO)CCOC1)c1ccccc1. The van der Waals surface area contributed by atoms with Gasteiger partial charge in [0.05, 0.1) is 12.6 Å². The van der Waals surface area contributed by atoms with E-state index < -0.39 is 0 Å². The van der Waals surface area contributed by atoms with Gasteiger partial charge in [0, 0.05) is 38.8 Å². The number of aliphatic imine (C=N–C) groups is 1. The molecule has 0 amide bonds. The maximum absolute atomic E-state index is 9.40. The molecule has 152 valence electrons. The quantitative estimate of drug-likeness (QED) is 0.431. The molecule has 6 heteroatoms. The molecule has 0 bridgehead atoms. The number of rotatable bonds is 10. The second-order valence-electron chi connectivity index (χ2n) is 7.23. The van der Waals surface area contributed by atoms with Crippen molar-refractivity contribution in [2.75, 3.05) is 53.0 Å². The molecule has 27 heavy (non-hydrogen) atoms. The third-order valence-corrected chi connectivity index (χ3v) is 5.58. The van der Waals surface area contributed by atoms with Crippen LogP contribution in [0.1, 0.15) is 38.3 Å². The number of likely N-dealkylation sites (N-methyl/N-ethyl adjacent to an activating group) is 1. The lowest BCUT2D eigenvalue weighted by molar-refractivity contribution is 0.127. The molecule has 0 radical (unpaired) electrons. The lowest BCUT2D eigenvalue weighted by Crippen LogP contribution is -2.47. The molecule has 2 unspecified atom stereocenters. The highest BCUT2D eigenvalue weighted by Gasteiger charge is 2.34. The van der Waals surface area contributed by atoms with Crippen LogP contribution in [0.2, 0.25) is 0 Å².